The molecule has 7 heteroatoms. The standard InChI is InChI=1S/C16H16N4O2S/c21-15-12-20-8-1-3-14(20)11-13-4-10-23(19-16(13)22)9-2-5-17-6-7-18-15/h1-7,9,11H,8,10,12H2,(H,18,21). The second-order valence-electron chi connectivity index (χ2n) is 4.99. The number of nitrogens with one attached hydrogen (secondary N) is 1. The van der Waals surface area contributed by atoms with Crippen molar-refractivity contribution in [2.45, 2.75) is 0 Å². The van der Waals surface area contributed by atoms with Crippen molar-refractivity contribution in [2.24, 2.45) is 9.36 Å². The molecule has 0 aromatic heterocycles. The summed E-state index contributed by atoms with van der Waals surface area (Å²) >= 11 is 0. The van der Waals surface area contributed by atoms with Crippen LogP contribution in [0.4, 0.5) is 0 Å². The maximum Gasteiger partial charge on any atom is 0.283 e. The lowest BCUT2D eigenvalue weighted by Crippen LogP contribution is -2.32. The van der Waals surface area contributed by atoms with Crippen LogP contribution in [-0.2, 0) is 20.3 Å². The third-order valence-corrected chi connectivity index (χ3v) is 4.73. The molecule has 23 heavy (non-hydrogen) atoms. The summed E-state index contributed by atoms with van der Waals surface area (Å²) in [7, 11) is -0.434. The Morgan fingerprint density at radius 3 is 3.09 bits per heavy atom. The minimum atomic E-state index is -0.434. The number of carbonyl (C=O) groups is 2. The predicted molar refractivity (Wildman–Crippen MR) is 91.5 cm³/mol. The van der Waals surface area contributed by atoms with Gasteiger partial charge in [-0.2, -0.15) is 4.36 Å². The van der Waals surface area contributed by atoms with Crippen LogP contribution in [0.5, 0.6) is 0 Å². The molecule has 4 aliphatic rings. The highest BCUT2D eigenvalue weighted by Crippen LogP contribution is 2.18. The van der Waals surface area contributed by atoms with Gasteiger partial charge in [-0.3, -0.25) is 14.6 Å². The van der Waals surface area contributed by atoms with Crippen molar-refractivity contribution in [1.29, 1.82) is 0 Å². The van der Waals surface area contributed by atoms with Crippen molar-refractivity contribution in [3.05, 3.63) is 59.5 Å². The van der Waals surface area contributed by atoms with E-state index in [2.05, 4.69) is 14.7 Å². The van der Waals surface area contributed by atoms with Crippen molar-refractivity contribution in [2.75, 3.05) is 18.8 Å². The van der Waals surface area contributed by atoms with Crippen molar-refractivity contribution < 1.29 is 9.59 Å². The molecule has 4 heterocycles. The van der Waals surface area contributed by atoms with Crippen LogP contribution in [0.25, 0.3) is 0 Å². The van der Waals surface area contributed by atoms with E-state index in [1.54, 1.807) is 18.4 Å². The first-order valence-corrected chi connectivity index (χ1v) is 8.57. The third-order valence-electron chi connectivity index (χ3n) is 3.35. The SMILES string of the molecule is O=C1CN2CC=CC2=CC2=CCS(=NC2=O)C=CC=NC=CN1. The maximum absolute atomic E-state index is 12.1. The summed E-state index contributed by atoms with van der Waals surface area (Å²) in [5.74, 6) is 0.351. The van der Waals surface area contributed by atoms with Crippen molar-refractivity contribution in [3.8, 4) is 0 Å². The van der Waals surface area contributed by atoms with Gasteiger partial charge in [0.1, 0.15) is 0 Å². The molecule has 1 atom stereocenters. The van der Waals surface area contributed by atoms with E-state index in [0.717, 1.165) is 5.70 Å². The van der Waals surface area contributed by atoms with Gasteiger partial charge in [-0.15, -0.1) is 0 Å². The highest BCUT2D eigenvalue weighted by Gasteiger charge is 2.18. The Kier molecular flexibility index (Phi) is 4.77. The first kappa shape index (κ1) is 15.4. The van der Waals surface area contributed by atoms with Crippen molar-refractivity contribution >= 4 is 28.7 Å². The summed E-state index contributed by atoms with van der Waals surface area (Å²) in [6.45, 7) is 0.864. The number of amides is 2. The number of carbonyl (C=O) groups excluding carboxylic acids is 2. The fourth-order valence-electron chi connectivity index (χ4n) is 2.25. The van der Waals surface area contributed by atoms with Crippen LogP contribution in [-0.4, -0.2) is 41.8 Å². The van der Waals surface area contributed by atoms with Gasteiger partial charge < -0.3 is 10.2 Å². The lowest BCUT2D eigenvalue weighted by Gasteiger charge is -2.19. The molecular weight excluding hydrogens is 312 g/mol. The Hall–Kier alpha value is -2.54. The average molecular weight is 328 g/mol. The average Bonchev–Trinajstić information content (AvgIpc) is 2.95. The van der Waals surface area contributed by atoms with Crippen molar-refractivity contribution in [1.82, 2.24) is 10.2 Å². The smallest absolute Gasteiger partial charge is 0.283 e. The molecule has 118 valence electrons. The molecule has 6 nitrogen and oxygen atoms in total. The molecule has 0 aromatic rings. The van der Waals surface area contributed by atoms with Crippen LogP contribution in [0.1, 0.15) is 0 Å². The summed E-state index contributed by atoms with van der Waals surface area (Å²) in [5, 5.41) is 4.53. The van der Waals surface area contributed by atoms with E-state index < -0.39 is 10.7 Å². The topological polar surface area (TPSA) is 74.1 Å². The molecule has 2 bridgehead atoms. The molecule has 0 spiro atoms. The molecule has 0 fully saturated rings. The lowest BCUT2D eigenvalue weighted by atomic mass is 10.2. The number of allylic oxidation sites excluding steroid dienone is 2. The highest BCUT2D eigenvalue weighted by molar-refractivity contribution is 7.90. The van der Waals surface area contributed by atoms with Crippen LogP contribution >= 0.6 is 0 Å². The van der Waals surface area contributed by atoms with E-state index in [4.69, 9.17) is 0 Å². The van der Waals surface area contributed by atoms with Crippen LogP contribution in [0, 0.1) is 0 Å². The van der Waals surface area contributed by atoms with Gasteiger partial charge in [0.25, 0.3) is 5.91 Å². The van der Waals surface area contributed by atoms with Gasteiger partial charge in [-0.05, 0) is 23.6 Å². The molecule has 0 aliphatic carbocycles. The Morgan fingerprint density at radius 2 is 2.22 bits per heavy atom. The first-order valence-electron chi connectivity index (χ1n) is 7.16. The fraction of sp³-hybridized carbons (Fsp3) is 0.188. The first-order chi connectivity index (χ1) is 11.2. The second-order valence-corrected chi connectivity index (χ2v) is 6.58. The van der Waals surface area contributed by atoms with E-state index in [1.807, 2.05) is 28.5 Å². The van der Waals surface area contributed by atoms with Crippen LogP contribution in [0.15, 0.2) is 68.8 Å². The number of aliphatic imine (C=N–C) groups is 1. The quantitative estimate of drug-likeness (QED) is 0.726. The van der Waals surface area contributed by atoms with E-state index >= 15 is 0 Å². The summed E-state index contributed by atoms with van der Waals surface area (Å²) in [5.41, 5.74) is 1.43. The summed E-state index contributed by atoms with van der Waals surface area (Å²) in [6, 6.07) is 0. The normalized spacial score (nSPS) is 24.2. The van der Waals surface area contributed by atoms with Gasteiger partial charge in [0.05, 0.1) is 6.54 Å². The van der Waals surface area contributed by atoms with Gasteiger partial charge in [0.15, 0.2) is 0 Å². The second kappa shape index (κ2) is 7.15. The summed E-state index contributed by atoms with van der Waals surface area (Å²) in [6.07, 6.45) is 14.0. The predicted octanol–water partition coefficient (Wildman–Crippen LogP) is 1.20. The molecule has 0 saturated heterocycles. The Labute approximate surface area is 136 Å². The van der Waals surface area contributed by atoms with Crippen LogP contribution < -0.4 is 5.32 Å². The lowest BCUT2D eigenvalue weighted by molar-refractivity contribution is -0.120. The van der Waals surface area contributed by atoms with Crippen LogP contribution in [0.3, 0.4) is 0 Å². The number of nitrogens with zero attached hydrogens (tertiary/aromatic N) is 3. The molecule has 0 radical (unpaired) electrons. The van der Waals surface area contributed by atoms with Crippen LogP contribution in [0.2, 0.25) is 0 Å². The highest BCUT2D eigenvalue weighted by atomic mass is 32.2. The van der Waals surface area contributed by atoms with E-state index in [0.29, 0.717) is 17.9 Å². The van der Waals surface area contributed by atoms with Gasteiger partial charge in [0, 0.05) is 42.2 Å². The van der Waals surface area contributed by atoms with E-state index in [9.17, 15) is 9.59 Å². The van der Waals surface area contributed by atoms with Crippen molar-refractivity contribution in [3.63, 3.8) is 0 Å². The Bertz CT molecular complexity index is 741. The summed E-state index contributed by atoms with van der Waals surface area (Å²) < 4.78 is 4.19. The molecule has 0 saturated carbocycles. The number of rotatable bonds is 0. The summed E-state index contributed by atoms with van der Waals surface area (Å²) in [4.78, 5) is 30.0. The monoisotopic (exact) mass is 328 g/mol. The van der Waals surface area contributed by atoms with Gasteiger partial charge >= 0.3 is 0 Å². The molecule has 1 unspecified atom stereocenters. The minimum absolute atomic E-state index is 0.135. The molecule has 0 aromatic carbocycles. The number of fused-ring (bicyclic) bond motifs is 7. The van der Waals surface area contributed by atoms with E-state index in [-0.39, 0.29) is 18.4 Å². The Balaban J connectivity index is 1.90. The number of hydrogen-bond donors (Lipinski definition) is 1. The molecule has 4 aliphatic heterocycles. The van der Waals surface area contributed by atoms with Gasteiger partial charge in [0.2, 0.25) is 5.91 Å². The zero-order valence-electron chi connectivity index (χ0n) is 12.4. The van der Waals surface area contributed by atoms with E-state index in [1.165, 1.54) is 12.4 Å². The number of hydrogen-bond acceptors (Lipinski definition) is 4. The molecule has 4 rings (SSSR count). The van der Waals surface area contributed by atoms with Gasteiger partial charge in [-0.1, -0.05) is 22.8 Å². The Morgan fingerprint density at radius 1 is 1.30 bits per heavy atom. The fourth-order valence-corrected chi connectivity index (χ4v) is 3.42. The molecule has 2 amide bonds. The van der Waals surface area contributed by atoms with Gasteiger partial charge in [-0.25, -0.2) is 0 Å². The third kappa shape index (κ3) is 4.01. The minimum Gasteiger partial charge on any atom is -0.358 e. The maximum atomic E-state index is 12.1. The molecular formula is C16H16N4O2S. The zero-order chi connectivity index (χ0) is 16.1. The largest absolute Gasteiger partial charge is 0.358 e. The zero-order valence-corrected chi connectivity index (χ0v) is 13.2. The molecule has 1 N–H and O–H groups in total.